The highest BCUT2D eigenvalue weighted by Crippen LogP contribution is 2.19. The monoisotopic (exact) mass is 381 g/mol. The van der Waals surface area contributed by atoms with Gasteiger partial charge in [-0.05, 0) is 24.3 Å². The van der Waals surface area contributed by atoms with E-state index < -0.39 is 11.6 Å². The van der Waals surface area contributed by atoms with Gasteiger partial charge in [0.15, 0.2) is 0 Å². The molecule has 0 aliphatic carbocycles. The minimum atomic E-state index is -0.684. The van der Waals surface area contributed by atoms with Gasteiger partial charge < -0.3 is 13.9 Å². The Kier molecular flexibility index (Phi) is 5.09. The molecule has 0 unspecified atom stereocenters. The van der Waals surface area contributed by atoms with Crippen molar-refractivity contribution in [3.8, 4) is 0 Å². The highest BCUT2D eigenvalue weighted by molar-refractivity contribution is 9.10. The van der Waals surface area contributed by atoms with Crippen LogP contribution in [-0.4, -0.2) is 50.3 Å². The number of fused-ring (bicyclic) bond motifs is 1. The van der Waals surface area contributed by atoms with Crippen molar-refractivity contribution in [2.75, 3.05) is 39.5 Å². The molecule has 0 bridgehead atoms. The number of morpholine rings is 1. The lowest BCUT2D eigenvalue weighted by Gasteiger charge is -2.26. The number of benzene rings is 1. The Bertz CT molecular complexity index is 767. The lowest BCUT2D eigenvalue weighted by molar-refractivity contribution is 0.0194. The fourth-order valence-corrected chi connectivity index (χ4v) is 2.79. The molecule has 23 heavy (non-hydrogen) atoms. The maximum absolute atomic E-state index is 12.1. The van der Waals surface area contributed by atoms with Crippen LogP contribution in [0.15, 0.2) is 37.9 Å². The van der Waals surface area contributed by atoms with E-state index in [2.05, 4.69) is 20.8 Å². The van der Waals surface area contributed by atoms with Crippen LogP contribution in [0.5, 0.6) is 0 Å². The van der Waals surface area contributed by atoms with Gasteiger partial charge in [-0.1, -0.05) is 15.9 Å². The normalized spacial score (nSPS) is 15.7. The molecule has 1 aromatic heterocycles. The minimum absolute atomic E-state index is 0.0856. The first-order valence-electron chi connectivity index (χ1n) is 7.34. The van der Waals surface area contributed by atoms with Crippen LogP contribution in [-0.2, 0) is 9.47 Å². The van der Waals surface area contributed by atoms with E-state index in [1.807, 2.05) is 0 Å². The van der Waals surface area contributed by atoms with Crippen LogP contribution in [0.2, 0.25) is 0 Å². The number of rotatable bonds is 4. The highest BCUT2D eigenvalue weighted by atomic mass is 79.9. The number of nitrogens with zero attached hydrogens (tertiary/aromatic N) is 1. The summed E-state index contributed by atoms with van der Waals surface area (Å²) < 4.78 is 16.5. The van der Waals surface area contributed by atoms with Crippen LogP contribution < -0.4 is 5.63 Å². The second kappa shape index (κ2) is 7.25. The highest BCUT2D eigenvalue weighted by Gasteiger charge is 2.16. The van der Waals surface area contributed by atoms with Crippen molar-refractivity contribution in [3.05, 3.63) is 44.7 Å². The fraction of sp³-hybridized carbons (Fsp3) is 0.375. The van der Waals surface area contributed by atoms with Gasteiger partial charge in [-0.15, -0.1) is 0 Å². The molecule has 2 aromatic rings. The summed E-state index contributed by atoms with van der Waals surface area (Å²) in [4.78, 5) is 26.2. The Morgan fingerprint density at radius 2 is 2.04 bits per heavy atom. The Balaban J connectivity index is 1.67. The molecule has 1 aliphatic rings. The topological polar surface area (TPSA) is 69.0 Å². The van der Waals surface area contributed by atoms with E-state index in [1.54, 1.807) is 18.2 Å². The fourth-order valence-electron chi connectivity index (χ4n) is 2.41. The smallest absolute Gasteiger partial charge is 0.351 e. The summed E-state index contributed by atoms with van der Waals surface area (Å²) in [5.74, 6) is -0.658. The number of carbonyl (C=O) groups excluding carboxylic acids is 1. The number of hydrogen-bond donors (Lipinski definition) is 0. The van der Waals surface area contributed by atoms with Crippen molar-refractivity contribution in [3.63, 3.8) is 0 Å². The van der Waals surface area contributed by atoms with Gasteiger partial charge in [-0.2, -0.15) is 0 Å². The predicted octanol–water partition coefficient (Wildman–Crippen LogP) is 2.04. The number of hydrogen-bond acceptors (Lipinski definition) is 6. The lowest BCUT2D eigenvalue weighted by atomic mass is 10.2. The molecule has 3 rings (SSSR count). The molecule has 0 radical (unpaired) electrons. The maximum atomic E-state index is 12.1. The molecule has 0 atom stereocenters. The average molecular weight is 382 g/mol. The molecule has 122 valence electrons. The van der Waals surface area contributed by atoms with E-state index in [9.17, 15) is 9.59 Å². The SMILES string of the molecule is O=C(OCCN1CCOCC1)c1cc2cc(Br)ccc2oc1=O. The third kappa shape index (κ3) is 3.99. The molecule has 6 nitrogen and oxygen atoms in total. The zero-order valence-electron chi connectivity index (χ0n) is 12.4. The summed E-state index contributed by atoms with van der Waals surface area (Å²) in [6, 6.07) is 6.73. The molecular formula is C16H16BrNO5. The molecule has 1 fully saturated rings. The summed E-state index contributed by atoms with van der Waals surface area (Å²) >= 11 is 3.35. The van der Waals surface area contributed by atoms with Crippen LogP contribution in [0.1, 0.15) is 10.4 Å². The second-order valence-electron chi connectivity index (χ2n) is 5.22. The van der Waals surface area contributed by atoms with Crippen molar-refractivity contribution in [1.29, 1.82) is 0 Å². The van der Waals surface area contributed by atoms with Crippen LogP contribution in [0.3, 0.4) is 0 Å². The summed E-state index contributed by atoms with van der Waals surface area (Å²) in [6.45, 7) is 3.88. The van der Waals surface area contributed by atoms with Gasteiger partial charge in [0.25, 0.3) is 0 Å². The minimum Gasteiger partial charge on any atom is -0.461 e. The summed E-state index contributed by atoms with van der Waals surface area (Å²) in [5.41, 5.74) is -0.336. The van der Waals surface area contributed by atoms with Gasteiger partial charge in [0.2, 0.25) is 0 Å². The predicted molar refractivity (Wildman–Crippen MR) is 87.7 cm³/mol. The Morgan fingerprint density at radius 3 is 2.83 bits per heavy atom. The molecule has 1 saturated heterocycles. The molecule has 1 aliphatic heterocycles. The maximum Gasteiger partial charge on any atom is 0.351 e. The van der Waals surface area contributed by atoms with Gasteiger partial charge in [-0.25, -0.2) is 9.59 Å². The van der Waals surface area contributed by atoms with E-state index in [1.165, 1.54) is 6.07 Å². The van der Waals surface area contributed by atoms with Crippen LogP contribution in [0.4, 0.5) is 0 Å². The van der Waals surface area contributed by atoms with Crippen LogP contribution in [0.25, 0.3) is 11.0 Å². The lowest BCUT2D eigenvalue weighted by Crippen LogP contribution is -2.38. The van der Waals surface area contributed by atoms with Gasteiger partial charge in [0, 0.05) is 29.5 Å². The largest absolute Gasteiger partial charge is 0.461 e. The standard InChI is InChI=1S/C16H16BrNO5/c17-12-1-2-14-11(9-12)10-13(16(20)23-14)15(19)22-8-5-18-3-6-21-7-4-18/h1-2,9-10H,3-8H2. The van der Waals surface area contributed by atoms with Crippen molar-refractivity contribution >= 4 is 32.9 Å². The van der Waals surface area contributed by atoms with Gasteiger partial charge in [0.05, 0.1) is 13.2 Å². The first kappa shape index (κ1) is 16.2. The number of halogens is 1. The molecule has 7 heteroatoms. The average Bonchev–Trinajstić information content (AvgIpc) is 2.55. The molecular weight excluding hydrogens is 366 g/mol. The van der Waals surface area contributed by atoms with E-state index in [4.69, 9.17) is 13.9 Å². The van der Waals surface area contributed by atoms with E-state index in [-0.39, 0.29) is 12.2 Å². The Labute approximate surface area is 141 Å². The van der Waals surface area contributed by atoms with E-state index in [0.29, 0.717) is 30.7 Å². The van der Waals surface area contributed by atoms with Gasteiger partial charge in [-0.3, -0.25) is 4.90 Å². The quantitative estimate of drug-likeness (QED) is 0.596. The summed E-state index contributed by atoms with van der Waals surface area (Å²) in [7, 11) is 0. The number of carbonyl (C=O) groups is 1. The molecule has 0 saturated carbocycles. The van der Waals surface area contributed by atoms with Crippen LogP contribution >= 0.6 is 15.9 Å². The first-order chi connectivity index (χ1) is 11.1. The summed E-state index contributed by atoms with van der Waals surface area (Å²) in [6.07, 6.45) is 0. The molecule has 0 amide bonds. The van der Waals surface area contributed by atoms with E-state index in [0.717, 1.165) is 17.6 Å². The van der Waals surface area contributed by atoms with E-state index >= 15 is 0 Å². The van der Waals surface area contributed by atoms with Gasteiger partial charge >= 0.3 is 11.6 Å². The third-order valence-electron chi connectivity index (χ3n) is 3.66. The molecule has 0 N–H and O–H groups in total. The van der Waals surface area contributed by atoms with Crippen molar-refractivity contribution in [1.82, 2.24) is 4.90 Å². The third-order valence-corrected chi connectivity index (χ3v) is 4.15. The summed E-state index contributed by atoms with van der Waals surface area (Å²) in [5, 5.41) is 0.666. The Hall–Kier alpha value is -1.70. The van der Waals surface area contributed by atoms with Crippen molar-refractivity contribution < 1.29 is 18.7 Å². The van der Waals surface area contributed by atoms with Crippen molar-refractivity contribution in [2.24, 2.45) is 0 Å². The second-order valence-corrected chi connectivity index (χ2v) is 6.14. The van der Waals surface area contributed by atoms with Crippen molar-refractivity contribution in [2.45, 2.75) is 0 Å². The van der Waals surface area contributed by atoms with Gasteiger partial charge in [0.1, 0.15) is 17.8 Å². The Morgan fingerprint density at radius 1 is 1.26 bits per heavy atom. The molecule has 2 heterocycles. The number of esters is 1. The zero-order chi connectivity index (χ0) is 16.2. The zero-order valence-corrected chi connectivity index (χ0v) is 14.0. The first-order valence-corrected chi connectivity index (χ1v) is 8.13. The number of ether oxygens (including phenoxy) is 2. The van der Waals surface area contributed by atoms with Crippen LogP contribution in [0, 0.1) is 0 Å². The molecule has 1 aromatic carbocycles. The molecule has 0 spiro atoms.